The van der Waals surface area contributed by atoms with E-state index < -0.39 is 5.97 Å². The Hall–Kier alpha value is -1.14. The van der Waals surface area contributed by atoms with Crippen molar-refractivity contribution < 1.29 is 19.5 Å². The molecule has 6 nitrogen and oxygen atoms in total. The summed E-state index contributed by atoms with van der Waals surface area (Å²) < 4.78 is 0. The van der Waals surface area contributed by atoms with E-state index >= 15 is 0 Å². The van der Waals surface area contributed by atoms with Crippen LogP contribution in [-0.2, 0) is 14.4 Å². The van der Waals surface area contributed by atoms with Crippen molar-refractivity contribution in [3.05, 3.63) is 0 Å². The van der Waals surface area contributed by atoms with E-state index in [0.29, 0.717) is 12.6 Å². The quantitative estimate of drug-likeness (QED) is 0.593. The molecular weight excluding hydrogens is 368 g/mol. The van der Waals surface area contributed by atoms with Crippen molar-refractivity contribution >= 4 is 11.9 Å². The van der Waals surface area contributed by atoms with Crippen LogP contribution in [0.3, 0.4) is 0 Å². The molecule has 1 saturated heterocycles. The fourth-order valence-electron chi connectivity index (χ4n) is 5.23. The predicted molar refractivity (Wildman–Crippen MR) is 114 cm³/mol. The molecule has 0 radical (unpaired) electrons. The molecule has 0 unspecified atom stereocenters. The molecule has 0 aromatic heterocycles. The van der Waals surface area contributed by atoms with Crippen LogP contribution in [0.2, 0.25) is 0 Å². The molecule has 1 aliphatic carbocycles. The maximum atomic E-state index is 12.9. The molecule has 2 rings (SSSR count). The summed E-state index contributed by atoms with van der Waals surface area (Å²) in [6.45, 7) is 11.7. The van der Waals surface area contributed by atoms with Crippen LogP contribution in [0.15, 0.2) is 0 Å². The molecule has 2 fully saturated rings. The van der Waals surface area contributed by atoms with Gasteiger partial charge in [0.25, 0.3) is 0 Å². The highest BCUT2D eigenvalue weighted by Crippen LogP contribution is 2.42. The third-order valence-electron chi connectivity index (χ3n) is 6.44. The van der Waals surface area contributed by atoms with E-state index in [4.69, 9.17) is 9.94 Å². The lowest BCUT2D eigenvalue weighted by atomic mass is 9.78. The maximum absolute atomic E-state index is 12.9. The average Bonchev–Trinajstić information content (AvgIpc) is 2.63. The van der Waals surface area contributed by atoms with Crippen LogP contribution < -0.4 is 0 Å². The Morgan fingerprint density at radius 2 is 1.62 bits per heavy atom. The Balaban J connectivity index is 2.14. The molecule has 168 valence electrons. The highest BCUT2D eigenvalue weighted by atomic mass is 16.7. The first-order chi connectivity index (χ1) is 13.6. The van der Waals surface area contributed by atoms with Gasteiger partial charge >= 0.3 is 5.97 Å². The lowest BCUT2D eigenvalue weighted by Crippen LogP contribution is -2.65. The fraction of sp³-hybridized carbons (Fsp3) is 0.913. The van der Waals surface area contributed by atoms with Crippen molar-refractivity contribution in [2.45, 2.75) is 128 Å². The summed E-state index contributed by atoms with van der Waals surface area (Å²) in [4.78, 5) is 32.4. The average molecular weight is 411 g/mol. The number of nitrogens with zero attached hydrogens (tertiary/aromatic N) is 2. The first-order valence-corrected chi connectivity index (χ1v) is 11.5. The zero-order valence-corrected chi connectivity index (χ0v) is 19.2. The van der Waals surface area contributed by atoms with Gasteiger partial charge in [0.05, 0.1) is 12.5 Å². The number of rotatable bonds is 9. The van der Waals surface area contributed by atoms with Gasteiger partial charge in [-0.1, -0.05) is 32.6 Å². The molecule has 0 aromatic rings. The lowest BCUT2D eigenvalue weighted by molar-refractivity contribution is -0.313. The summed E-state index contributed by atoms with van der Waals surface area (Å²) in [6.07, 6.45) is 9.96. The van der Waals surface area contributed by atoms with Crippen molar-refractivity contribution in [2.75, 3.05) is 6.54 Å². The smallest absolute Gasteiger partial charge is 0.303 e. The molecule has 1 aliphatic heterocycles. The number of hydroxylamine groups is 2. The van der Waals surface area contributed by atoms with Crippen LogP contribution in [0.5, 0.6) is 0 Å². The van der Waals surface area contributed by atoms with E-state index in [2.05, 4.69) is 39.7 Å². The fourth-order valence-corrected chi connectivity index (χ4v) is 5.23. The van der Waals surface area contributed by atoms with E-state index in [9.17, 15) is 9.59 Å². The molecule has 1 amide bonds. The number of carbonyl (C=O) groups excluding carboxylic acids is 1. The van der Waals surface area contributed by atoms with Gasteiger partial charge in [0.15, 0.2) is 0 Å². The summed E-state index contributed by atoms with van der Waals surface area (Å²) in [6, 6.07) is 0.110. The van der Waals surface area contributed by atoms with E-state index in [1.807, 2.05) is 4.90 Å². The van der Waals surface area contributed by atoms with Gasteiger partial charge in [0.2, 0.25) is 5.91 Å². The van der Waals surface area contributed by atoms with Gasteiger partial charge in [0.1, 0.15) is 0 Å². The molecule has 1 heterocycles. The second-order valence-electron chi connectivity index (χ2n) is 10.2. The largest absolute Gasteiger partial charge is 0.481 e. The van der Waals surface area contributed by atoms with E-state index in [1.165, 1.54) is 19.3 Å². The SMILES string of the molecule is CCCCN(C(=O)CCC(=O)O)C1CC(C)(C)N(OC2CCCCC2)C(C)(C)C1. The summed E-state index contributed by atoms with van der Waals surface area (Å²) in [5, 5.41) is 11.2. The number of aliphatic carboxylic acids is 1. The molecule has 29 heavy (non-hydrogen) atoms. The normalized spacial score (nSPS) is 23.1. The maximum Gasteiger partial charge on any atom is 0.303 e. The molecule has 1 saturated carbocycles. The van der Waals surface area contributed by atoms with Crippen LogP contribution in [0, 0.1) is 0 Å². The zero-order valence-electron chi connectivity index (χ0n) is 19.2. The van der Waals surface area contributed by atoms with Gasteiger partial charge in [0, 0.05) is 30.1 Å². The lowest BCUT2D eigenvalue weighted by Gasteiger charge is -2.56. The van der Waals surface area contributed by atoms with E-state index in [1.54, 1.807) is 0 Å². The Labute approximate surface area is 176 Å². The Kier molecular flexibility index (Phi) is 8.53. The standard InChI is InChI=1S/C23H42N2O4/c1-6-7-15-24(20(26)13-14-21(27)28)18-16-22(2,3)25(23(4,5)17-18)29-19-11-9-8-10-12-19/h18-19H,6-17H2,1-5H3,(H,27,28). The molecule has 6 heteroatoms. The first-order valence-electron chi connectivity index (χ1n) is 11.5. The minimum Gasteiger partial charge on any atom is -0.481 e. The van der Waals surface area contributed by atoms with Crippen LogP contribution >= 0.6 is 0 Å². The highest BCUT2D eigenvalue weighted by Gasteiger charge is 2.49. The number of hydrogen-bond acceptors (Lipinski definition) is 4. The van der Waals surface area contributed by atoms with Gasteiger partial charge in [-0.3, -0.25) is 14.4 Å². The second-order valence-corrected chi connectivity index (χ2v) is 10.2. The van der Waals surface area contributed by atoms with Crippen molar-refractivity contribution in [3.63, 3.8) is 0 Å². The van der Waals surface area contributed by atoms with Crippen molar-refractivity contribution in [2.24, 2.45) is 0 Å². The number of hydrogen-bond donors (Lipinski definition) is 1. The molecular formula is C23H42N2O4. The molecule has 0 spiro atoms. The summed E-state index contributed by atoms with van der Waals surface area (Å²) in [5.74, 6) is -0.941. The zero-order chi connectivity index (χ0) is 21.7. The second kappa shape index (κ2) is 10.3. The van der Waals surface area contributed by atoms with Gasteiger partial charge in [-0.05, 0) is 59.8 Å². The van der Waals surface area contributed by atoms with E-state index in [-0.39, 0.29) is 35.9 Å². The number of amides is 1. The Morgan fingerprint density at radius 1 is 1.03 bits per heavy atom. The van der Waals surface area contributed by atoms with Crippen LogP contribution in [0.1, 0.15) is 105 Å². The first kappa shape index (κ1) is 24.1. The van der Waals surface area contributed by atoms with Gasteiger partial charge in [-0.2, -0.15) is 5.06 Å². The third-order valence-corrected chi connectivity index (χ3v) is 6.44. The molecule has 0 bridgehead atoms. The van der Waals surface area contributed by atoms with Crippen molar-refractivity contribution in [1.82, 2.24) is 9.96 Å². The third kappa shape index (κ3) is 6.68. The Morgan fingerprint density at radius 3 is 2.14 bits per heavy atom. The molecule has 2 aliphatic rings. The van der Waals surface area contributed by atoms with Crippen molar-refractivity contribution in [3.8, 4) is 0 Å². The van der Waals surface area contributed by atoms with Gasteiger partial charge in [-0.15, -0.1) is 0 Å². The van der Waals surface area contributed by atoms with Crippen LogP contribution in [0.25, 0.3) is 0 Å². The number of carboxylic acids is 1. The minimum absolute atomic E-state index is 0.0286. The topological polar surface area (TPSA) is 70.1 Å². The number of unbranched alkanes of at least 4 members (excludes halogenated alkanes) is 1. The minimum atomic E-state index is -0.912. The number of carbonyl (C=O) groups is 2. The van der Waals surface area contributed by atoms with Gasteiger partial charge in [-0.25, -0.2) is 0 Å². The highest BCUT2D eigenvalue weighted by molar-refractivity contribution is 5.81. The van der Waals surface area contributed by atoms with Crippen LogP contribution in [-0.4, -0.2) is 56.7 Å². The van der Waals surface area contributed by atoms with E-state index in [0.717, 1.165) is 38.5 Å². The summed E-state index contributed by atoms with van der Waals surface area (Å²) in [7, 11) is 0. The van der Waals surface area contributed by atoms with Crippen LogP contribution in [0.4, 0.5) is 0 Å². The molecule has 0 atom stereocenters. The predicted octanol–water partition coefficient (Wildman–Crippen LogP) is 4.77. The summed E-state index contributed by atoms with van der Waals surface area (Å²) in [5.41, 5.74) is -0.386. The molecule has 0 aromatic carbocycles. The number of piperidine rings is 1. The monoisotopic (exact) mass is 410 g/mol. The van der Waals surface area contributed by atoms with Gasteiger partial charge < -0.3 is 10.0 Å². The summed E-state index contributed by atoms with van der Waals surface area (Å²) >= 11 is 0. The molecule has 1 N–H and O–H groups in total. The number of carboxylic acid groups (broad SMARTS) is 1. The van der Waals surface area contributed by atoms with Crippen molar-refractivity contribution in [1.29, 1.82) is 0 Å². The Bertz CT molecular complexity index is 537.